The van der Waals surface area contributed by atoms with E-state index in [-0.39, 0.29) is 0 Å². The van der Waals surface area contributed by atoms with Crippen molar-refractivity contribution in [1.29, 1.82) is 0 Å². The Kier molecular flexibility index (Phi) is 9.60. The number of hydrogen-bond acceptors (Lipinski definition) is 5. The molecule has 1 aliphatic rings. The molecule has 1 aromatic heterocycles. The molecule has 0 atom stereocenters. The highest BCUT2D eigenvalue weighted by molar-refractivity contribution is 7.11. The number of guanidine groups is 1. The lowest BCUT2D eigenvalue weighted by Gasteiger charge is -2.34. The highest BCUT2D eigenvalue weighted by Crippen LogP contribution is 2.12. The summed E-state index contributed by atoms with van der Waals surface area (Å²) < 4.78 is 0. The summed E-state index contributed by atoms with van der Waals surface area (Å²) in [5, 5.41) is 7.89. The summed E-state index contributed by atoms with van der Waals surface area (Å²) in [7, 11) is 1.82. The molecule has 0 spiro atoms. The van der Waals surface area contributed by atoms with E-state index in [4.69, 9.17) is 0 Å². The summed E-state index contributed by atoms with van der Waals surface area (Å²) in [5.41, 5.74) is 1.42. The molecule has 164 valence electrons. The van der Waals surface area contributed by atoms with Crippen LogP contribution < -0.4 is 10.6 Å². The zero-order chi connectivity index (χ0) is 21.0. The van der Waals surface area contributed by atoms with Gasteiger partial charge in [-0.05, 0) is 31.4 Å². The molecular weight excluding hydrogens is 392 g/mol. The van der Waals surface area contributed by atoms with Crippen molar-refractivity contribution in [2.24, 2.45) is 4.99 Å². The van der Waals surface area contributed by atoms with Gasteiger partial charge in [0.05, 0.1) is 6.54 Å². The van der Waals surface area contributed by atoms with Gasteiger partial charge < -0.3 is 15.5 Å². The summed E-state index contributed by atoms with van der Waals surface area (Å²) in [6.07, 6.45) is 5.39. The zero-order valence-electron chi connectivity index (χ0n) is 18.4. The molecule has 1 aliphatic heterocycles. The van der Waals surface area contributed by atoms with Crippen LogP contribution in [0.3, 0.4) is 0 Å². The molecule has 30 heavy (non-hydrogen) atoms. The Morgan fingerprint density at radius 2 is 1.83 bits per heavy atom. The van der Waals surface area contributed by atoms with Gasteiger partial charge in [0.25, 0.3) is 0 Å². The van der Waals surface area contributed by atoms with Crippen LogP contribution >= 0.6 is 11.3 Å². The molecule has 0 unspecified atom stereocenters. The minimum absolute atomic E-state index is 0.734. The predicted octanol–water partition coefficient (Wildman–Crippen LogP) is 2.97. The SMILES string of the molecule is CCc1cnc(CNC(=NC)NCCCCN2CCN(Cc3ccccc3)CC2)s1. The molecule has 2 heterocycles. The van der Waals surface area contributed by atoms with Crippen LogP contribution in [0.4, 0.5) is 0 Å². The van der Waals surface area contributed by atoms with E-state index >= 15 is 0 Å². The van der Waals surface area contributed by atoms with Crippen LogP contribution in [0.15, 0.2) is 41.5 Å². The van der Waals surface area contributed by atoms with Crippen LogP contribution in [0.1, 0.15) is 35.2 Å². The molecule has 0 radical (unpaired) electrons. The molecule has 7 heteroatoms. The summed E-state index contributed by atoms with van der Waals surface area (Å²) >= 11 is 1.77. The Labute approximate surface area is 185 Å². The van der Waals surface area contributed by atoms with Gasteiger partial charge in [0.15, 0.2) is 5.96 Å². The third-order valence-corrected chi connectivity index (χ3v) is 6.63. The number of nitrogens with one attached hydrogen (secondary N) is 2. The normalized spacial score (nSPS) is 16.0. The van der Waals surface area contributed by atoms with Crippen molar-refractivity contribution in [2.45, 2.75) is 39.3 Å². The van der Waals surface area contributed by atoms with Crippen LogP contribution in [0.5, 0.6) is 0 Å². The average Bonchev–Trinajstić information content (AvgIpc) is 3.25. The number of hydrogen-bond donors (Lipinski definition) is 2. The first-order chi connectivity index (χ1) is 14.8. The van der Waals surface area contributed by atoms with Gasteiger partial charge in [0.1, 0.15) is 5.01 Å². The summed E-state index contributed by atoms with van der Waals surface area (Å²) in [6.45, 7) is 10.8. The number of aromatic nitrogens is 1. The Bertz CT molecular complexity index is 752. The fourth-order valence-corrected chi connectivity index (χ4v) is 4.46. The van der Waals surface area contributed by atoms with Gasteiger partial charge in [0.2, 0.25) is 0 Å². The summed E-state index contributed by atoms with van der Waals surface area (Å²) in [6, 6.07) is 10.8. The number of aliphatic imine (C=N–C) groups is 1. The maximum atomic E-state index is 4.45. The molecular formula is C23H36N6S. The fraction of sp³-hybridized carbons (Fsp3) is 0.565. The number of benzene rings is 1. The standard InChI is InChI=1S/C23H36N6S/c1-3-21-17-26-22(30-21)18-27-23(24-2)25-11-7-8-12-28-13-15-29(16-14-28)19-20-9-5-4-6-10-20/h4-6,9-10,17H,3,7-8,11-16,18-19H2,1-2H3,(H2,24,25,27). The highest BCUT2D eigenvalue weighted by Gasteiger charge is 2.16. The maximum absolute atomic E-state index is 4.45. The van der Waals surface area contributed by atoms with Crippen LogP contribution in [-0.4, -0.2) is 67.1 Å². The number of thiazole rings is 1. The molecule has 0 bridgehead atoms. The van der Waals surface area contributed by atoms with Crippen molar-refractivity contribution in [2.75, 3.05) is 46.3 Å². The van der Waals surface area contributed by atoms with E-state index in [1.807, 2.05) is 13.2 Å². The lowest BCUT2D eigenvalue weighted by atomic mass is 10.2. The lowest BCUT2D eigenvalue weighted by molar-refractivity contribution is 0.126. The minimum atomic E-state index is 0.734. The Morgan fingerprint density at radius 1 is 1.07 bits per heavy atom. The third-order valence-electron chi connectivity index (χ3n) is 5.49. The van der Waals surface area contributed by atoms with Gasteiger partial charge >= 0.3 is 0 Å². The van der Waals surface area contributed by atoms with Crippen molar-refractivity contribution >= 4 is 17.3 Å². The summed E-state index contributed by atoms with van der Waals surface area (Å²) in [4.78, 5) is 15.3. The monoisotopic (exact) mass is 428 g/mol. The number of unbranched alkanes of at least 4 members (excludes halogenated alkanes) is 1. The predicted molar refractivity (Wildman–Crippen MR) is 127 cm³/mol. The van der Waals surface area contributed by atoms with Crippen LogP contribution in [0.25, 0.3) is 0 Å². The first-order valence-electron chi connectivity index (χ1n) is 11.1. The third kappa shape index (κ3) is 7.70. The molecule has 1 fully saturated rings. The Morgan fingerprint density at radius 3 is 2.53 bits per heavy atom. The van der Waals surface area contributed by atoms with Gasteiger partial charge in [0, 0.05) is 57.4 Å². The topological polar surface area (TPSA) is 55.8 Å². The average molecular weight is 429 g/mol. The van der Waals surface area contributed by atoms with Gasteiger partial charge in [-0.25, -0.2) is 4.98 Å². The van der Waals surface area contributed by atoms with E-state index in [0.717, 1.165) is 43.4 Å². The molecule has 0 aliphatic carbocycles. The second-order valence-electron chi connectivity index (χ2n) is 7.74. The summed E-state index contributed by atoms with van der Waals surface area (Å²) in [5.74, 6) is 0.859. The van der Waals surface area contributed by atoms with Crippen LogP contribution in [0.2, 0.25) is 0 Å². The number of aryl methyl sites for hydroxylation is 1. The molecule has 1 saturated heterocycles. The van der Waals surface area contributed by atoms with E-state index in [1.165, 1.54) is 49.6 Å². The molecule has 0 saturated carbocycles. The fourth-order valence-electron chi connectivity index (χ4n) is 3.65. The van der Waals surface area contributed by atoms with Crippen LogP contribution in [0, 0.1) is 0 Å². The second-order valence-corrected chi connectivity index (χ2v) is 8.94. The van der Waals surface area contributed by atoms with Gasteiger partial charge in [-0.1, -0.05) is 37.3 Å². The smallest absolute Gasteiger partial charge is 0.191 e. The minimum Gasteiger partial charge on any atom is -0.356 e. The van der Waals surface area contributed by atoms with Crippen molar-refractivity contribution in [1.82, 2.24) is 25.4 Å². The first-order valence-corrected chi connectivity index (χ1v) is 11.9. The number of nitrogens with zero attached hydrogens (tertiary/aromatic N) is 4. The maximum Gasteiger partial charge on any atom is 0.191 e. The number of piperazine rings is 1. The molecule has 2 aromatic rings. The molecule has 0 amide bonds. The highest BCUT2D eigenvalue weighted by atomic mass is 32.1. The van der Waals surface area contributed by atoms with Gasteiger partial charge in [-0.15, -0.1) is 11.3 Å². The van der Waals surface area contributed by atoms with Crippen LogP contribution in [-0.2, 0) is 19.5 Å². The first kappa shape index (κ1) is 22.7. The van der Waals surface area contributed by atoms with Crippen molar-refractivity contribution in [3.63, 3.8) is 0 Å². The Hall–Kier alpha value is -1.96. The van der Waals surface area contributed by atoms with Gasteiger partial charge in [-0.2, -0.15) is 0 Å². The molecule has 6 nitrogen and oxygen atoms in total. The van der Waals surface area contributed by atoms with E-state index in [2.05, 4.69) is 67.7 Å². The van der Waals surface area contributed by atoms with Crippen molar-refractivity contribution < 1.29 is 0 Å². The largest absolute Gasteiger partial charge is 0.356 e. The number of rotatable bonds is 10. The quantitative estimate of drug-likeness (QED) is 0.346. The van der Waals surface area contributed by atoms with Crippen molar-refractivity contribution in [3.8, 4) is 0 Å². The second kappa shape index (κ2) is 12.7. The molecule has 3 rings (SSSR count). The van der Waals surface area contributed by atoms with E-state index in [1.54, 1.807) is 11.3 Å². The molecule has 2 N–H and O–H groups in total. The van der Waals surface area contributed by atoms with E-state index in [0.29, 0.717) is 0 Å². The zero-order valence-corrected chi connectivity index (χ0v) is 19.3. The van der Waals surface area contributed by atoms with E-state index < -0.39 is 0 Å². The lowest BCUT2D eigenvalue weighted by Crippen LogP contribution is -2.46. The van der Waals surface area contributed by atoms with E-state index in [9.17, 15) is 0 Å². The molecule has 1 aromatic carbocycles. The Balaban J connectivity index is 1.23. The van der Waals surface area contributed by atoms with Gasteiger partial charge in [-0.3, -0.25) is 9.89 Å². The van der Waals surface area contributed by atoms with Crippen molar-refractivity contribution in [3.05, 3.63) is 52.0 Å².